The Morgan fingerprint density at radius 3 is 2.55 bits per heavy atom. The van der Waals surface area contributed by atoms with Crippen molar-refractivity contribution in [1.82, 2.24) is 9.47 Å². The number of thiophene rings is 1. The van der Waals surface area contributed by atoms with Gasteiger partial charge in [-0.05, 0) is 44.9 Å². The first kappa shape index (κ1) is 13.9. The number of aromatic nitrogens is 1. The first-order valence-electron chi connectivity index (χ1n) is 7.22. The molecular weight excluding hydrogens is 266 g/mol. The number of nitrogens with two attached hydrogens (primary N) is 1. The number of fused-ring (bicyclic) bond motifs is 1. The van der Waals surface area contributed by atoms with Crippen LogP contribution < -0.4 is 5.73 Å². The van der Waals surface area contributed by atoms with Gasteiger partial charge in [0.05, 0.1) is 0 Å². The number of rotatable bonds is 2. The Hall–Kier alpha value is -1.10. The zero-order valence-corrected chi connectivity index (χ0v) is 13.3. The highest BCUT2D eigenvalue weighted by molar-refractivity contribution is 7.14. The average Bonchev–Trinajstić information content (AvgIpc) is 3.03. The molecule has 3 rings (SSSR count). The molecular formula is C16H23N3S. The van der Waals surface area contributed by atoms with Gasteiger partial charge in [-0.2, -0.15) is 0 Å². The molecule has 0 fully saturated rings. The minimum Gasteiger partial charge on any atom is -0.326 e. The van der Waals surface area contributed by atoms with Crippen molar-refractivity contribution < 1.29 is 0 Å². The summed E-state index contributed by atoms with van der Waals surface area (Å²) in [6.45, 7) is 9.70. The lowest BCUT2D eigenvalue weighted by Gasteiger charge is -2.38. The van der Waals surface area contributed by atoms with Crippen LogP contribution in [0.25, 0.3) is 5.00 Å². The minimum atomic E-state index is 0.234. The zero-order chi connectivity index (χ0) is 14.3. The van der Waals surface area contributed by atoms with Crippen LogP contribution in [0.2, 0.25) is 0 Å². The van der Waals surface area contributed by atoms with Gasteiger partial charge in [0.2, 0.25) is 0 Å². The van der Waals surface area contributed by atoms with Gasteiger partial charge >= 0.3 is 0 Å². The molecule has 20 heavy (non-hydrogen) atoms. The molecule has 0 amide bonds. The first-order chi connectivity index (χ1) is 9.50. The SMILES string of the molecule is CC(C)(C)N1CCc2c(sc(-n3cccc3)c2CN)C1. The Kier molecular flexibility index (Phi) is 3.48. The lowest BCUT2D eigenvalue weighted by Crippen LogP contribution is -2.44. The Balaban J connectivity index is 2.00. The molecule has 108 valence electrons. The Bertz CT molecular complexity index is 590. The van der Waals surface area contributed by atoms with Crippen LogP contribution >= 0.6 is 11.3 Å². The summed E-state index contributed by atoms with van der Waals surface area (Å²) in [5.74, 6) is 0. The van der Waals surface area contributed by atoms with E-state index in [0.29, 0.717) is 6.54 Å². The van der Waals surface area contributed by atoms with E-state index in [1.807, 2.05) is 11.3 Å². The van der Waals surface area contributed by atoms with Crippen LogP contribution in [0.15, 0.2) is 24.5 Å². The number of hydrogen-bond donors (Lipinski definition) is 1. The van der Waals surface area contributed by atoms with Crippen molar-refractivity contribution in [2.45, 2.75) is 45.8 Å². The lowest BCUT2D eigenvalue weighted by molar-refractivity contribution is 0.122. The quantitative estimate of drug-likeness (QED) is 0.921. The highest BCUT2D eigenvalue weighted by Gasteiger charge is 2.29. The van der Waals surface area contributed by atoms with Gasteiger partial charge < -0.3 is 10.3 Å². The molecule has 2 aromatic heterocycles. The van der Waals surface area contributed by atoms with Gasteiger partial charge in [0.25, 0.3) is 0 Å². The van der Waals surface area contributed by atoms with E-state index in [0.717, 1.165) is 19.5 Å². The Morgan fingerprint density at radius 1 is 1.25 bits per heavy atom. The molecule has 0 saturated heterocycles. The second-order valence-electron chi connectivity index (χ2n) is 6.42. The maximum absolute atomic E-state index is 6.03. The van der Waals surface area contributed by atoms with E-state index in [1.54, 1.807) is 0 Å². The van der Waals surface area contributed by atoms with Gasteiger partial charge in [0.15, 0.2) is 0 Å². The van der Waals surface area contributed by atoms with E-state index in [1.165, 1.54) is 21.0 Å². The van der Waals surface area contributed by atoms with E-state index >= 15 is 0 Å². The zero-order valence-electron chi connectivity index (χ0n) is 12.5. The molecule has 4 heteroatoms. The van der Waals surface area contributed by atoms with Crippen LogP contribution in [0.4, 0.5) is 0 Å². The summed E-state index contributed by atoms with van der Waals surface area (Å²) in [7, 11) is 0. The lowest BCUT2D eigenvalue weighted by atomic mass is 9.98. The largest absolute Gasteiger partial charge is 0.326 e. The summed E-state index contributed by atoms with van der Waals surface area (Å²) in [5.41, 5.74) is 9.10. The molecule has 0 aromatic carbocycles. The summed E-state index contributed by atoms with van der Waals surface area (Å²) in [6, 6.07) is 4.14. The second kappa shape index (κ2) is 5.02. The molecule has 0 atom stereocenters. The van der Waals surface area contributed by atoms with Gasteiger partial charge in [-0.1, -0.05) is 0 Å². The van der Waals surface area contributed by atoms with E-state index in [4.69, 9.17) is 5.73 Å². The van der Waals surface area contributed by atoms with Gasteiger partial charge in [0.1, 0.15) is 5.00 Å². The van der Waals surface area contributed by atoms with Crippen molar-refractivity contribution >= 4 is 11.3 Å². The third kappa shape index (κ3) is 2.32. The fraction of sp³-hybridized carbons (Fsp3) is 0.500. The summed E-state index contributed by atoms with van der Waals surface area (Å²) >= 11 is 1.91. The molecule has 1 aliphatic rings. The summed E-state index contributed by atoms with van der Waals surface area (Å²) in [4.78, 5) is 4.06. The maximum atomic E-state index is 6.03. The predicted octanol–water partition coefficient (Wildman–Crippen LogP) is 3.15. The highest BCUT2D eigenvalue weighted by Crippen LogP contribution is 2.37. The summed E-state index contributed by atoms with van der Waals surface area (Å²) < 4.78 is 2.20. The third-order valence-corrected chi connectivity index (χ3v) is 5.41. The molecule has 3 heterocycles. The van der Waals surface area contributed by atoms with Crippen molar-refractivity contribution in [1.29, 1.82) is 0 Å². The van der Waals surface area contributed by atoms with Crippen LogP contribution in [0.1, 0.15) is 36.8 Å². The van der Waals surface area contributed by atoms with E-state index in [-0.39, 0.29) is 5.54 Å². The smallest absolute Gasteiger partial charge is 0.104 e. The van der Waals surface area contributed by atoms with E-state index < -0.39 is 0 Å². The fourth-order valence-corrected chi connectivity index (χ4v) is 4.28. The number of nitrogens with zero attached hydrogens (tertiary/aromatic N) is 2. The summed E-state index contributed by atoms with van der Waals surface area (Å²) in [6.07, 6.45) is 5.34. The number of hydrogen-bond acceptors (Lipinski definition) is 3. The summed E-state index contributed by atoms with van der Waals surface area (Å²) in [5, 5.41) is 1.30. The van der Waals surface area contributed by atoms with Crippen LogP contribution in [0.5, 0.6) is 0 Å². The van der Waals surface area contributed by atoms with Crippen molar-refractivity contribution in [3.05, 3.63) is 40.5 Å². The van der Waals surface area contributed by atoms with E-state index in [2.05, 4.69) is 54.8 Å². The van der Waals surface area contributed by atoms with Crippen LogP contribution in [0, 0.1) is 0 Å². The second-order valence-corrected chi connectivity index (χ2v) is 7.51. The molecule has 0 unspecified atom stereocenters. The predicted molar refractivity (Wildman–Crippen MR) is 85.4 cm³/mol. The average molecular weight is 289 g/mol. The molecule has 2 N–H and O–H groups in total. The fourth-order valence-electron chi connectivity index (χ4n) is 2.92. The first-order valence-corrected chi connectivity index (χ1v) is 8.04. The van der Waals surface area contributed by atoms with Crippen LogP contribution in [-0.2, 0) is 19.5 Å². The van der Waals surface area contributed by atoms with Crippen LogP contribution in [0.3, 0.4) is 0 Å². The Morgan fingerprint density at radius 2 is 1.95 bits per heavy atom. The van der Waals surface area contributed by atoms with Crippen molar-refractivity contribution in [3.63, 3.8) is 0 Å². The molecule has 3 nitrogen and oxygen atoms in total. The van der Waals surface area contributed by atoms with Gasteiger partial charge in [0, 0.05) is 48.0 Å². The van der Waals surface area contributed by atoms with Crippen molar-refractivity contribution in [2.75, 3.05) is 6.54 Å². The maximum Gasteiger partial charge on any atom is 0.104 e. The van der Waals surface area contributed by atoms with Crippen molar-refractivity contribution in [3.8, 4) is 5.00 Å². The molecule has 1 aliphatic heterocycles. The molecule has 0 aliphatic carbocycles. The monoisotopic (exact) mass is 289 g/mol. The third-order valence-electron chi connectivity index (χ3n) is 4.14. The van der Waals surface area contributed by atoms with Gasteiger partial charge in [-0.3, -0.25) is 4.90 Å². The van der Waals surface area contributed by atoms with Gasteiger partial charge in [-0.15, -0.1) is 11.3 Å². The normalized spacial score (nSPS) is 16.4. The molecule has 2 aromatic rings. The molecule has 0 spiro atoms. The molecule has 0 bridgehead atoms. The minimum absolute atomic E-state index is 0.234. The standard InChI is InChI=1S/C16H23N3S/c1-16(2,3)19-9-6-12-13(10-17)15(20-14(12)11-19)18-7-4-5-8-18/h4-5,7-8H,6,9-11,17H2,1-3H3. The van der Waals surface area contributed by atoms with Crippen LogP contribution in [-0.4, -0.2) is 21.6 Å². The molecule has 0 radical (unpaired) electrons. The topological polar surface area (TPSA) is 34.2 Å². The van der Waals surface area contributed by atoms with Gasteiger partial charge in [-0.25, -0.2) is 0 Å². The Labute approximate surface area is 125 Å². The van der Waals surface area contributed by atoms with Crippen molar-refractivity contribution in [2.24, 2.45) is 5.73 Å². The molecule has 0 saturated carbocycles. The van der Waals surface area contributed by atoms with E-state index in [9.17, 15) is 0 Å². The highest BCUT2D eigenvalue weighted by atomic mass is 32.1.